The van der Waals surface area contributed by atoms with Gasteiger partial charge in [0.05, 0.1) is 17.1 Å². The molecule has 1 aliphatic heterocycles. The van der Waals surface area contributed by atoms with Crippen LogP contribution in [0.5, 0.6) is 0 Å². The van der Waals surface area contributed by atoms with Gasteiger partial charge in [0.25, 0.3) is 5.91 Å². The van der Waals surface area contributed by atoms with Crippen LogP contribution in [0.15, 0.2) is 48.0 Å². The predicted molar refractivity (Wildman–Crippen MR) is 98.5 cm³/mol. The monoisotopic (exact) mass is 401 g/mol. The van der Waals surface area contributed by atoms with Gasteiger partial charge >= 0.3 is 0 Å². The van der Waals surface area contributed by atoms with Crippen molar-refractivity contribution in [1.82, 2.24) is 34.7 Å². The molecule has 1 fully saturated rings. The van der Waals surface area contributed by atoms with Crippen LogP contribution in [-0.4, -0.2) is 67.3 Å². The zero-order valence-corrected chi connectivity index (χ0v) is 16.0. The van der Waals surface area contributed by atoms with Crippen molar-refractivity contribution in [3.8, 4) is 5.69 Å². The molecule has 0 N–H and O–H groups in total. The van der Waals surface area contributed by atoms with Gasteiger partial charge in [0.15, 0.2) is 5.69 Å². The van der Waals surface area contributed by atoms with Gasteiger partial charge in [-0.2, -0.15) is 9.90 Å². The summed E-state index contributed by atoms with van der Waals surface area (Å²) in [7, 11) is -1.98. The minimum Gasteiger partial charge on any atom is -0.337 e. The Balaban J connectivity index is 1.44. The smallest absolute Gasteiger partial charge is 0.276 e. The van der Waals surface area contributed by atoms with E-state index >= 15 is 0 Å². The van der Waals surface area contributed by atoms with E-state index in [4.69, 9.17) is 0 Å². The Labute approximate surface area is 161 Å². The van der Waals surface area contributed by atoms with Crippen molar-refractivity contribution in [3.05, 3.63) is 48.5 Å². The van der Waals surface area contributed by atoms with E-state index in [2.05, 4.69) is 20.4 Å². The molecule has 0 spiro atoms. The fourth-order valence-electron chi connectivity index (χ4n) is 3.26. The number of sulfone groups is 1. The topological polar surface area (TPSA) is 116 Å². The highest BCUT2D eigenvalue weighted by atomic mass is 32.2. The number of piperidine rings is 1. The van der Waals surface area contributed by atoms with E-state index in [1.807, 2.05) is 30.3 Å². The van der Waals surface area contributed by atoms with Crippen LogP contribution in [-0.2, 0) is 16.9 Å². The largest absolute Gasteiger partial charge is 0.337 e. The molecule has 1 aromatic carbocycles. The Kier molecular flexibility index (Phi) is 4.67. The summed E-state index contributed by atoms with van der Waals surface area (Å²) in [5, 5.41) is 15.1. The van der Waals surface area contributed by atoms with E-state index in [1.54, 1.807) is 11.9 Å². The molecule has 0 aliphatic carbocycles. The summed E-state index contributed by atoms with van der Waals surface area (Å²) in [6.45, 7) is 0.664. The number of aromatic nitrogens is 6. The highest BCUT2D eigenvalue weighted by Gasteiger charge is 2.36. The Morgan fingerprint density at radius 3 is 2.50 bits per heavy atom. The number of rotatable bonds is 4. The number of carbonyl (C=O) groups excluding carboxylic acids is 1. The maximum absolute atomic E-state index is 12.7. The molecule has 1 aliphatic rings. The van der Waals surface area contributed by atoms with Crippen LogP contribution >= 0.6 is 0 Å². The maximum Gasteiger partial charge on any atom is 0.276 e. The van der Waals surface area contributed by atoms with Crippen molar-refractivity contribution in [1.29, 1.82) is 0 Å². The number of hydrogen-bond donors (Lipinski definition) is 0. The lowest BCUT2D eigenvalue weighted by Gasteiger charge is -2.30. The standard InChI is InChI=1S/C17H19N7O3S/c1-22-12-18-20-17(22)28(26,27)14-7-9-23(10-8-14)16(25)15-11-19-24(21-15)13-5-3-2-4-6-13/h2-6,11-12,14H,7-10H2,1H3. The summed E-state index contributed by atoms with van der Waals surface area (Å²) >= 11 is 0. The van der Waals surface area contributed by atoms with E-state index in [1.165, 1.54) is 21.9 Å². The lowest BCUT2D eigenvalue weighted by molar-refractivity contribution is 0.0719. The second-order valence-electron chi connectivity index (χ2n) is 6.62. The van der Waals surface area contributed by atoms with Crippen molar-refractivity contribution in [2.75, 3.05) is 13.1 Å². The van der Waals surface area contributed by atoms with Crippen LogP contribution in [0.1, 0.15) is 23.3 Å². The molecule has 0 unspecified atom stereocenters. The third-order valence-electron chi connectivity index (χ3n) is 4.79. The molecule has 3 aromatic rings. The molecule has 0 bridgehead atoms. The third-order valence-corrected chi connectivity index (χ3v) is 7.02. The van der Waals surface area contributed by atoms with Crippen molar-refractivity contribution in [2.24, 2.45) is 7.05 Å². The number of para-hydroxylation sites is 1. The quantitative estimate of drug-likeness (QED) is 0.624. The van der Waals surface area contributed by atoms with Gasteiger partial charge in [-0.25, -0.2) is 8.42 Å². The van der Waals surface area contributed by atoms with E-state index < -0.39 is 15.1 Å². The minimum absolute atomic E-state index is 0.0388. The Morgan fingerprint density at radius 2 is 1.86 bits per heavy atom. The summed E-state index contributed by atoms with van der Waals surface area (Å²) in [5.74, 6) is -0.253. The van der Waals surface area contributed by atoms with E-state index in [0.29, 0.717) is 25.9 Å². The summed E-state index contributed by atoms with van der Waals surface area (Å²) in [6.07, 6.45) is 3.47. The lowest BCUT2D eigenvalue weighted by Crippen LogP contribution is -2.43. The van der Waals surface area contributed by atoms with Gasteiger partial charge in [-0.05, 0) is 25.0 Å². The van der Waals surface area contributed by atoms with E-state index in [9.17, 15) is 13.2 Å². The second-order valence-corrected chi connectivity index (χ2v) is 8.74. The van der Waals surface area contributed by atoms with Gasteiger partial charge in [0.1, 0.15) is 6.33 Å². The van der Waals surface area contributed by atoms with Gasteiger partial charge in [-0.3, -0.25) is 4.79 Å². The highest BCUT2D eigenvalue weighted by Crippen LogP contribution is 2.23. The number of hydrogen-bond acceptors (Lipinski definition) is 7. The molecule has 0 radical (unpaired) electrons. The number of nitrogens with zero attached hydrogens (tertiary/aromatic N) is 7. The first-order valence-electron chi connectivity index (χ1n) is 8.82. The van der Waals surface area contributed by atoms with Crippen LogP contribution in [0.2, 0.25) is 0 Å². The van der Waals surface area contributed by atoms with Crippen molar-refractivity contribution >= 4 is 15.7 Å². The van der Waals surface area contributed by atoms with Crippen LogP contribution in [0.4, 0.5) is 0 Å². The molecule has 4 rings (SSSR count). The number of carbonyl (C=O) groups is 1. The first kappa shape index (κ1) is 18.3. The first-order valence-corrected chi connectivity index (χ1v) is 10.4. The highest BCUT2D eigenvalue weighted by molar-refractivity contribution is 7.91. The SMILES string of the molecule is Cn1cnnc1S(=O)(=O)C1CCN(C(=O)c2cnn(-c3ccccc3)n2)CC1. The molecule has 10 nitrogen and oxygen atoms in total. The fraction of sp³-hybridized carbons (Fsp3) is 0.353. The van der Waals surface area contributed by atoms with Crippen LogP contribution < -0.4 is 0 Å². The minimum atomic E-state index is -3.58. The van der Waals surface area contributed by atoms with Crippen LogP contribution in [0.25, 0.3) is 5.69 Å². The van der Waals surface area contributed by atoms with E-state index in [0.717, 1.165) is 5.69 Å². The maximum atomic E-state index is 12.7. The number of benzene rings is 1. The van der Waals surface area contributed by atoms with Gasteiger partial charge in [-0.15, -0.1) is 15.3 Å². The molecule has 0 saturated carbocycles. The van der Waals surface area contributed by atoms with Gasteiger partial charge < -0.3 is 9.47 Å². The Morgan fingerprint density at radius 1 is 1.14 bits per heavy atom. The summed E-state index contributed by atoms with van der Waals surface area (Å²) in [4.78, 5) is 15.7. The molecule has 0 atom stereocenters. The summed E-state index contributed by atoms with van der Waals surface area (Å²) < 4.78 is 26.8. The van der Waals surface area contributed by atoms with Gasteiger partial charge in [-0.1, -0.05) is 18.2 Å². The molecule has 3 heterocycles. The van der Waals surface area contributed by atoms with Gasteiger partial charge in [0, 0.05) is 20.1 Å². The normalized spacial score (nSPS) is 15.7. The number of likely N-dealkylation sites (tertiary alicyclic amines) is 1. The molecule has 28 heavy (non-hydrogen) atoms. The fourth-order valence-corrected chi connectivity index (χ4v) is 5.00. The third kappa shape index (κ3) is 3.28. The van der Waals surface area contributed by atoms with Crippen LogP contribution in [0.3, 0.4) is 0 Å². The molecule has 1 amide bonds. The molecule has 11 heteroatoms. The Bertz CT molecular complexity index is 1080. The predicted octanol–water partition coefficient (Wildman–Crippen LogP) is 0.474. The molecule has 2 aromatic heterocycles. The van der Waals surface area contributed by atoms with Crippen LogP contribution in [0, 0.1) is 0 Å². The van der Waals surface area contributed by atoms with E-state index in [-0.39, 0.29) is 16.8 Å². The average Bonchev–Trinajstić information content (AvgIpc) is 3.38. The zero-order chi connectivity index (χ0) is 19.7. The Hall–Kier alpha value is -3.08. The second kappa shape index (κ2) is 7.15. The number of amides is 1. The molecule has 1 saturated heterocycles. The average molecular weight is 401 g/mol. The summed E-state index contributed by atoms with van der Waals surface area (Å²) in [5.41, 5.74) is 0.994. The summed E-state index contributed by atoms with van der Waals surface area (Å²) in [6, 6.07) is 9.30. The number of aryl methyl sites for hydroxylation is 1. The van der Waals surface area contributed by atoms with Crippen molar-refractivity contribution in [2.45, 2.75) is 23.2 Å². The molecular weight excluding hydrogens is 382 g/mol. The molecule has 146 valence electrons. The zero-order valence-electron chi connectivity index (χ0n) is 15.2. The van der Waals surface area contributed by atoms with Gasteiger partial charge in [0.2, 0.25) is 15.0 Å². The lowest BCUT2D eigenvalue weighted by atomic mass is 10.1. The first-order chi connectivity index (χ1) is 13.5. The molecular formula is C17H19N7O3S. The van der Waals surface area contributed by atoms with Crippen molar-refractivity contribution < 1.29 is 13.2 Å². The van der Waals surface area contributed by atoms with Crippen molar-refractivity contribution in [3.63, 3.8) is 0 Å².